The largest absolute Gasteiger partial charge is 0.324 e. The maximum Gasteiger partial charge on any atom is 0.232 e. The van der Waals surface area contributed by atoms with Gasteiger partial charge < -0.3 is 5.32 Å². The molecule has 1 N–H and O–H groups in total. The van der Waals surface area contributed by atoms with Gasteiger partial charge in [0.2, 0.25) is 17.6 Å². The fourth-order valence-electron chi connectivity index (χ4n) is 1.26. The summed E-state index contributed by atoms with van der Waals surface area (Å²) in [6.45, 7) is 3.26. The van der Waals surface area contributed by atoms with E-state index in [1.165, 1.54) is 12.1 Å². The van der Waals surface area contributed by atoms with Crippen molar-refractivity contribution in [3.63, 3.8) is 0 Å². The molecule has 0 saturated heterocycles. The first kappa shape index (κ1) is 13.4. The Morgan fingerprint density at radius 1 is 1.26 bits per heavy atom. The van der Waals surface area contributed by atoms with Crippen LogP contribution in [0.1, 0.15) is 0 Å². The molecular weight excluding hydrogens is 288 g/mol. The van der Waals surface area contributed by atoms with Gasteiger partial charge in [-0.3, -0.25) is 0 Å². The van der Waals surface area contributed by atoms with Crippen molar-refractivity contribution < 1.29 is 8.42 Å². The normalized spacial score (nSPS) is 11.0. The fourth-order valence-corrected chi connectivity index (χ4v) is 2.09. The summed E-state index contributed by atoms with van der Waals surface area (Å²) in [6.07, 6.45) is 2.33. The average molecular weight is 296 g/mol. The van der Waals surface area contributed by atoms with Crippen LogP contribution >= 0.6 is 11.6 Å². The highest BCUT2D eigenvalue weighted by atomic mass is 35.5. The highest BCUT2D eigenvalue weighted by molar-refractivity contribution is 7.94. The predicted octanol–water partition coefficient (Wildman–Crippen LogP) is 1.99. The Labute approximate surface area is 115 Å². The van der Waals surface area contributed by atoms with Crippen molar-refractivity contribution >= 4 is 33.1 Å². The van der Waals surface area contributed by atoms with Crippen LogP contribution in [-0.2, 0) is 9.84 Å². The van der Waals surface area contributed by atoms with Gasteiger partial charge in [-0.15, -0.1) is 0 Å². The van der Waals surface area contributed by atoms with E-state index in [1.54, 1.807) is 12.1 Å². The molecule has 2 rings (SSSR count). The van der Waals surface area contributed by atoms with E-state index in [9.17, 15) is 8.42 Å². The molecule has 1 heterocycles. The first-order valence-electron chi connectivity index (χ1n) is 5.03. The third kappa shape index (κ3) is 3.27. The smallest absolute Gasteiger partial charge is 0.232 e. The number of nitrogens with zero attached hydrogens (tertiary/aromatic N) is 3. The summed E-state index contributed by atoms with van der Waals surface area (Å²) in [7, 11) is -3.43. The van der Waals surface area contributed by atoms with Crippen molar-refractivity contribution in [1.82, 2.24) is 15.0 Å². The molecule has 0 aliphatic heterocycles. The molecule has 0 saturated carbocycles. The van der Waals surface area contributed by atoms with Crippen LogP contribution in [0.15, 0.2) is 41.1 Å². The second-order valence-corrected chi connectivity index (χ2v) is 5.62. The minimum Gasteiger partial charge on any atom is -0.324 e. The Morgan fingerprint density at radius 2 is 1.95 bits per heavy atom. The molecule has 1 aromatic carbocycles. The van der Waals surface area contributed by atoms with Crippen LogP contribution in [0.5, 0.6) is 0 Å². The number of aromatic nitrogens is 3. The van der Waals surface area contributed by atoms with Gasteiger partial charge in [0.15, 0.2) is 9.84 Å². The summed E-state index contributed by atoms with van der Waals surface area (Å²) in [5, 5.41) is 3.76. The van der Waals surface area contributed by atoms with Crippen molar-refractivity contribution in [1.29, 1.82) is 0 Å². The van der Waals surface area contributed by atoms with Crippen molar-refractivity contribution in [2.75, 3.05) is 5.32 Å². The van der Waals surface area contributed by atoms with E-state index in [0.717, 1.165) is 5.41 Å². The van der Waals surface area contributed by atoms with E-state index in [0.29, 0.717) is 5.69 Å². The maximum atomic E-state index is 11.5. The molecule has 1 aromatic heterocycles. The van der Waals surface area contributed by atoms with Gasteiger partial charge in [0.25, 0.3) is 0 Å². The quantitative estimate of drug-likeness (QED) is 0.928. The third-order valence-electron chi connectivity index (χ3n) is 2.15. The van der Waals surface area contributed by atoms with Crippen molar-refractivity contribution in [2.24, 2.45) is 0 Å². The molecule has 6 nitrogen and oxygen atoms in total. The summed E-state index contributed by atoms with van der Waals surface area (Å²) < 4.78 is 23.0. The zero-order chi connectivity index (χ0) is 13.9. The first-order chi connectivity index (χ1) is 9.01. The van der Waals surface area contributed by atoms with E-state index in [2.05, 4.69) is 33.2 Å². The molecule has 0 amide bonds. The van der Waals surface area contributed by atoms with Gasteiger partial charge in [-0.05, 0) is 35.9 Å². The topological polar surface area (TPSA) is 84.8 Å². The fraction of sp³-hybridized carbons (Fsp3) is 0. The summed E-state index contributed by atoms with van der Waals surface area (Å²) in [6, 6.07) is 6.06. The number of anilines is 2. The molecule has 2 aromatic rings. The van der Waals surface area contributed by atoms with Gasteiger partial charge in [-0.2, -0.15) is 15.0 Å². The molecule has 97 valence electrons. The number of halogens is 1. The van der Waals surface area contributed by atoms with Gasteiger partial charge in [-0.25, -0.2) is 8.42 Å². The maximum absolute atomic E-state index is 11.5. The van der Waals surface area contributed by atoms with Gasteiger partial charge >= 0.3 is 0 Å². The highest BCUT2D eigenvalue weighted by Gasteiger charge is 2.09. The SMILES string of the molecule is C=CS(=O)(=O)c1ccc(Nc2n[c]nc(Cl)n2)cc1. The lowest BCUT2D eigenvalue weighted by Crippen LogP contribution is -1.99. The first-order valence-corrected chi connectivity index (χ1v) is 6.96. The number of benzene rings is 1. The van der Waals surface area contributed by atoms with Crippen molar-refractivity contribution in [2.45, 2.75) is 4.90 Å². The van der Waals surface area contributed by atoms with Crippen LogP contribution in [0.25, 0.3) is 0 Å². The van der Waals surface area contributed by atoms with Crippen LogP contribution in [0.2, 0.25) is 5.28 Å². The second-order valence-electron chi connectivity index (χ2n) is 3.39. The predicted molar refractivity (Wildman–Crippen MR) is 70.8 cm³/mol. The summed E-state index contributed by atoms with van der Waals surface area (Å²) in [5.41, 5.74) is 0.610. The Morgan fingerprint density at radius 3 is 2.53 bits per heavy atom. The van der Waals surface area contributed by atoms with E-state index >= 15 is 0 Å². The Kier molecular flexibility index (Phi) is 3.77. The standard InChI is InChI=1S/C11H8ClN4O2S/c1-2-19(17,18)9-5-3-8(4-6-9)15-11-14-7-13-10(12)16-11/h2-6H,1H2,(H,13,14,15,16). The molecule has 0 bridgehead atoms. The molecule has 0 spiro atoms. The monoisotopic (exact) mass is 295 g/mol. The lowest BCUT2D eigenvalue weighted by molar-refractivity contribution is 0.605. The molecule has 0 atom stereocenters. The van der Waals surface area contributed by atoms with E-state index in [4.69, 9.17) is 11.6 Å². The van der Waals surface area contributed by atoms with Crippen molar-refractivity contribution in [3.05, 3.63) is 47.9 Å². The Balaban J connectivity index is 2.22. The molecule has 0 fully saturated rings. The van der Waals surface area contributed by atoms with Gasteiger partial charge in [0, 0.05) is 11.1 Å². The lowest BCUT2D eigenvalue weighted by Gasteiger charge is -2.05. The number of hydrogen-bond donors (Lipinski definition) is 1. The molecule has 8 heteroatoms. The number of hydrogen-bond acceptors (Lipinski definition) is 6. The Bertz CT molecular complexity index is 701. The zero-order valence-electron chi connectivity index (χ0n) is 9.54. The van der Waals surface area contributed by atoms with Crippen molar-refractivity contribution in [3.8, 4) is 0 Å². The van der Waals surface area contributed by atoms with Crippen LogP contribution in [-0.4, -0.2) is 23.4 Å². The minimum atomic E-state index is -3.43. The van der Waals surface area contributed by atoms with E-state index < -0.39 is 9.84 Å². The number of nitrogens with one attached hydrogen (secondary N) is 1. The van der Waals surface area contributed by atoms with Crippen LogP contribution in [0.3, 0.4) is 0 Å². The van der Waals surface area contributed by atoms with Crippen LogP contribution in [0.4, 0.5) is 11.6 Å². The molecule has 0 unspecified atom stereocenters. The van der Waals surface area contributed by atoms with Gasteiger partial charge in [-0.1, -0.05) is 6.58 Å². The lowest BCUT2D eigenvalue weighted by atomic mass is 10.3. The third-order valence-corrected chi connectivity index (χ3v) is 3.69. The molecule has 0 aliphatic carbocycles. The molecule has 1 radical (unpaired) electrons. The van der Waals surface area contributed by atoms with Crippen LogP contribution < -0.4 is 5.32 Å². The summed E-state index contributed by atoms with van der Waals surface area (Å²) in [5.74, 6) is 0.222. The minimum absolute atomic E-state index is 0.0170. The molecule has 19 heavy (non-hydrogen) atoms. The highest BCUT2D eigenvalue weighted by Crippen LogP contribution is 2.18. The van der Waals surface area contributed by atoms with Gasteiger partial charge in [0.05, 0.1) is 4.90 Å². The van der Waals surface area contributed by atoms with E-state index in [1.807, 2.05) is 0 Å². The average Bonchev–Trinajstić information content (AvgIpc) is 2.39. The Hall–Kier alpha value is -1.99. The van der Waals surface area contributed by atoms with Crippen LogP contribution in [0, 0.1) is 6.33 Å². The van der Waals surface area contributed by atoms with E-state index in [-0.39, 0.29) is 16.1 Å². The number of rotatable bonds is 4. The van der Waals surface area contributed by atoms with Gasteiger partial charge in [0.1, 0.15) is 0 Å². The number of sulfone groups is 1. The molecular formula is C11H8ClN4O2S. The molecule has 0 aliphatic rings. The zero-order valence-corrected chi connectivity index (χ0v) is 11.1. The summed E-state index contributed by atoms with van der Waals surface area (Å²) >= 11 is 5.59. The second kappa shape index (κ2) is 5.33. The summed E-state index contributed by atoms with van der Waals surface area (Å²) in [4.78, 5) is 11.3.